The van der Waals surface area contributed by atoms with Gasteiger partial charge in [0.25, 0.3) is 0 Å². The molecule has 6 heteroatoms. The highest BCUT2D eigenvalue weighted by Crippen LogP contribution is 2.36. The fourth-order valence-corrected chi connectivity index (χ4v) is 4.39. The summed E-state index contributed by atoms with van der Waals surface area (Å²) in [6.07, 6.45) is 4.50. The number of nitrogens with one attached hydrogen (secondary N) is 1. The van der Waals surface area contributed by atoms with Gasteiger partial charge in [0.1, 0.15) is 0 Å². The van der Waals surface area contributed by atoms with E-state index in [-0.39, 0.29) is 11.6 Å². The zero-order valence-electron chi connectivity index (χ0n) is 15.7. The predicted molar refractivity (Wildman–Crippen MR) is 99.9 cm³/mol. The molecule has 3 aliphatic heterocycles. The Kier molecular flexibility index (Phi) is 5.14. The molecule has 1 aromatic heterocycles. The van der Waals surface area contributed by atoms with Gasteiger partial charge in [-0.2, -0.15) is 0 Å². The minimum atomic E-state index is 0.0410. The fourth-order valence-electron chi connectivity index (χ4n) is 4.39. The van der Waals surface area contributed by atoms with Gasteiger partial charge in [-0.05, 0) is 50.7 Å². The molecule has 2 amide bonds. The number of hydrogen-bond acceptors (Lipinski definition) is 4. The van der Waals surface area contributed by atoms with Crippen molar-refractivity contribution in [2.75, 3.05) is 39.3 Å². The number of rotatable bonds is 4. The fraction of sp³-hybridized carbons (Fsp3) is 0.700. The maximum Gasteiger partial charge on any atom is 0.317 e. The van der Waals surface area contributed by atoms with Crippen LogP contribution in [0.3, 0.4) is 0 Å². The molecular weight excluding hydrogens is 328 g/mol. The van der Waals surface area contributed by atoms with Crippen LogP contribution in [0.1, 0.15) is 37.1 Å². The lowest BCUT2D eigenvalue weighted by Crippen LogP contribution is -2.64. The van der Waals surface area contributed by atoms with E-state index < -0.39 is 0 Å². The number of aromatic nitrogens is 1. The molecule has 1 N–H and O–H groups in total. The Balaban J connectivity index is 1.17. The summed E-state index contributed by atoms with van der Waals surface area (Å²) in [6.45, 7) is 8.24. The van der Waals surface area contributed by atoms with Crippen LogP contribution in [0, 0.1) is 12.8 Å². The topological polar surface area (TPSA) is 57.7 Å². The molecule has 1 aromatic rings. The first-order valence-electron chi connectivity index (χ1n) is 9.94. The third-order valence-corrected chi connectivity index (χ3v) is 5.92. The smallest absolute Gasteiger partial charge is 0.317 e. The number of hydrogen-bond donors (Lipinski definition) is 1. The maximum absolute atomic E-state index is 12.1. The van der Waals surface area contributed by atoms with Crippen molar-refractivity contribution < 1.29 is 9.53 Å². The molecule has 3 saturated heterocycles. The van der Waals surface area contributed by atoms with Crippen LogP contribution >= 0.6 is 0 Å². The van der Waals surface area contributed by atoms with Crippen molar-refractivity contribution in [2.24, 2.45) is 5.92 Å². The van der Waals surface area contributed by atoms with Gasteiger partial charge in [-0.1, -0.05) is 6.07 Å². The van der Waals surface area contributed by atoms with Gasteiger partial charge in [0.15, 0.2) is 0 Å². The van der Waals surface area contributed by atoms with Crippen molar-refractivity contribution in [1.82, 2.24) is 20.1 Å². The normalized spacial score (nSPS) is 25.3. The summed E-state index contributed by atoms with van der Waals surface area (Å²) in [4.78, 5) is 21.0. The highest BCUT2D eigenvalue weighted by atomic mass is 16.5. The molecule has 0 saturated carbocycles. The van der Waals surface area contributed by atoms with E-state index in [1.54, 1.807) is 0 Å². The highest BCUT2D eigenvalue weighted by molar-refractivity contribution is 5.74. The average Bonchev–Trinajstić information content (AvgIpc) is 3.14. The summed E-state index contributed by atoms with van der Waals surface area (Å²) in [6, 6.07) is 6.31. The Morgan fingerprint density at radius 1 is 1.35 bits per heavy atom. The lowest BCUT2D eigenvalue weighted by atomic mass is 9.83. The minimum absolute atomic E-state index is 0.0410. The third-order valence-electron chi connectivity index (χ3n) is 5.92. The van der Waals surface area contributed by atoms with Gasteiger partial charge in [0.05, 0.1) is 17.9 Å². The Morgan fingerprint density at radius 2 is 2.15 bits per heavy atom. The van der Waals surface area contributed by atoms with E-state index in [2.05, 4.69) is 27.3 Å². The summed E-state index contributed by atoms with van der Waals surface area (Å²) in [7, 11) is 0. The molecule has 4 rings (SSSR count). The van der Waals surface area contributed by atoms with E-state index >= 15 is 0 Å². The molecule has 0 unspecified atom stereocenters. The molecule has 0 bridgehead atoms. The van der Waals surface area contributed by atoms with Gasteiger partial charge in [0.2, 0.25) is 0 Å². The Labute approximate surface area is 155 Å². The molecule has 0 radical (unpaired) electrons. The van der Waals surface area contributed by atoms with Crippen LogP contribution < -0.4 is 5.32 Å². The molecule has 6 nitrogen and oxygen atoms in total. The van der Waals surface area contributed by atoms with Crippen molar-refractivity contribution in [1.29, 1.82) is 0 Å². The summed E-state index contributed by atoms with van der Waals surface area (Å²) in [5.41, 5.74) is 2.25. The molecule has 1 spiro atoms. The van der Waals surface area contributed by atoms with E-state index in [9.17, 15) is 4.79 Å². The zero-order chi connectivity index (χ0) is 18.0. The Morgan fingerprint density at radius 3 is 2.85 bits per heavy atom. The molecule has 0 aliphatic carbocycles. The zero-order valence-corrected chi connectivity index (χ0v) is 15.7. The van der Waals surface area contributed by atoms with Crippen molar-refractivity contribution >= 4 is 6.03 Å². The largest absolute Gasteiger partial charge is 0.372 e. The number of likely N-dealkylation sites (tertiary alicyclic amines) is 2. The van der Waals surface area contributed by atoms with Crippen LogP contribution in [0.15, 0.2) is 18.2 Å². The van der Waals surface area contributed by atoms with Gasteiger partial charge in [0, 0.05) is 45.0 Å². The lowest BCUT2D eigenvalue weighted by Gasteiger charge is -2.52. The second-order valence-electron chi connectivity index (χ2n) is 8.19. The number of carbonyl (C=O) groups excluding carboxylic acids is 1. The molecule has 0 aromatic carbocycles. The summed E-state index contributed by atoms with van der Waals surface area (Å²) in [5.74, 6) is 0.444. The Bertz CT molecular complexity index is 628. The first-order chi connectivity index (χ1) is 12.6. The summed E-state index contributed by atoms with van der Waals surface area (Å²) < 4.78 is 6.24. The van der Waals surface area contributed by atoms with Gasteiger partial charge in [-0.3, -0.25) is 9.88 Å². The standard InChI is InChI=1S/C20H30N4O2/c1-16-5-4-6-18(22-16)12-23-14-20(15-23)8-7-17(13-26-20)11-21-19(25)24-9-2-3-10-24/h4-6,17H,2-3,7-15H2,1H3,(H,21,25)/t17-/m0/s1. The molecule has 3 fully saturated rings. The van der Waals surface area contributed by atoms with Crippen LogP contribution in [0.2, 0.25) is 0 Å². The SMILES string of the molecule is Cc1cccc(CN2CC3(CC[C@@H](CNC(=O)N4CCCC4)CO3)C2)n1. The number of urea groups is 1. The van der Waals surface area contributed by atoms with E-state index in [0.717, 1.165) is 82.9 Å². The number of carbonyl (C=O) groups is 1. The molecule has 4 heterocycles. The number of amides is 2. The predicted octanol–water partition coefficient (Wildman–Crippen LogP) is 2.18. The van der Waals surface area contributed by atoms with Gasteiger partial charge in [-0.15, -0.1) is 0 Å². The number of nitrogens with zero attached hydrogens (tertiary/aromatic N) is 3. The van der Waals surface area contributed by atoms with Crippen LogP contribution in [0.25, 0.3) is 0 Å². The second kappa shape index (κ2) is 7.53. The third kappa shape index (κ3) is 4.01. The van der Waals surface area contributed by atoms with E-state index in [1.165, 1.54) is 0 Å². The summed E-state index contributed by atoms with van der Waals surface area (Å²) >= 11 is 0. The first-order valence-corrected chi connectivity index (χ1v) is 9.94. The lowest BCUT2D eigenvalue weighted by molar-refractivity contribution is -0.181. The highest BCUT2D eigenvalue weighted by Gasteiger charge is 2.46. The number of pyridine rings is 1. The monoisotopic (exact) mass is 358 g/mol. The molecule has 3 aliphatic rings. The van der Waals surface area contributed by atoms with Gasteiger partial charge >= 0.3 is 6.03 Å². The maximum atomic E-state index is 12.1. The van der Waals surface area contributed by atoms with E-state index in [4.69, 9.17) is 4.74 Å². The molecular formula is C20H30N4O2. The van der Waals surface area contributed by atoms with Crippen LogP contribution in [-0.4, -0.2) is 65.7 Å². The average molecular weight is 358 g/mol. The van der Waals surface area contributed by atoms with Crippen LogP contribution in [0.5, 0.6) is 0 Å². The van der Waals surface area contributed by atoms with Gasteiger partial charge in [-0.25, -0.2) is 4.79 Å². The van der Waals surface area contributed by atoms with Crippen molar-refractivity contribution in [3.63, 3.8) is 0 Å². The van der Waals surface area contributed by atoms with E-state index in [0.29, 0.717) is 5.92 Å². The van der Waals surface area contributed by atoms with Crippen LogP contribution in [-0.2, 0) is 11.3 Å². The van der Waals surface area contributed by atoms with Crippen molar-refractivity contribution in [3.05, 3.63) is 29.6 Å². The molecule has 1 atom stereocenters. The van der Waals surface area contributed by atoms with Crippen molar-refractivity contribution in [3.8, 4) is 0 Å². The van der Waals surface area contributed by atoms with Crippen molar-refractivity contribution in [2.45, 2.75) is 44.8 Å². The van der Waals surface area contributed by atoms with Crippen LogP contribution in [0.4, 0.5) is 4.79 Å². The molecule has 26 heavy (non-hydrogen) atoms. The quantitative estimate of drug-likeness (QED) is 0.896. The Hall–Kier alpha value is -1.66. The number of ether oxygens (including phenoxy) is 1. The summed E-state index contributed by atoms with van der Waals surface area (Å²) in [5, 5.41) is 3.09. The second-order valence-corrected chi connectivity index (χ2v) is 8.19. The minimum Gasteiger partial charge on any atom is -0.372 e. The number of aryl methyl sites for hydroxylation is 1. The van der Waals surface area contributed by atoms with Gasteiger partial charge < -0.3 is 15.0 Å². The first kappa shape index (κ1) is 17.7. The van der Waals surface area contributed by atoms with E-state index in [1.807, 2.05) is 17.9 Å². The molecule has 142 valence electrons.